The lowest BCUT2D eigenvalue weighted by Crippen LogP contribution is -2.46. The number of hydrogen-bond donors (Lipinski definition) is 1. The number of carbonyl (C=O) groups is 1. The highest BCUT2D eigenvalue weighted by Crippen LogP contribution is 2.32. The van der Waals surface area contributed by atoms with E-state index in [1.807, 2.05) is 24.3 Å². The van der Waals surface area contributed by atoms with Crippen LogP contribution in [0.2, 0.25) is 5.02 Å². The molecule has 1 aromatic carbocycles. The summed E-state index contributed by atoms with van der Waals surface area (Å²) in [4.78, 5) is 15.1. The molecule has 6 nitrogen and oxygen atoms in total. The van der Waals surface area contributed by atoms with Gasteiger partial charge in [0.2, 0.25) is 5.91 Å². The molecule has 2 fully saturated rings. The molecule has 1 amide bonds. The Balaban J connectivity index is 1.48. The van der Waals surface area contributed by atoms with Gasteiger partial charge in [0.25, 0.3) is 0 Å². The van der Waals surface area contributed by atoms with Crippen molar-refractivity contribution in [3.8, 4) is 0 Å². The zero-order valence-electron chi connectivity index (χ0n) is 15.1. The van der Waals surface area contributed by atoms with E-state index in [2.05, 4.69) is 10.4 Å². The maximum Gasteiger partial charge on any atom is 0.227 e. The van der Waals surface area contributed by atoms with Gasteiger partial charge in [-0.05, 0) is 23.3 Å². The Labute approximate surface area is 162 Å². The van der Waals surface area contributed by atoms with E-state index in [4.69, 9.17) is 16.3 Å². The van der Waals surface area contributed by atoms with Crippen molar-refractivity contribution in [2.24, 2.45) is 13.0 Å². The van der Waals surface area contributed by atoms with Gasteiger partial charge in [0.15, 0.2) is 0 Å². The molecule has 3 heterocycles. The molecule has 0 spiro atoms. The molecule has 2 aromatic rings. The zero-order chi connectivity index (χ0) is 19.0. The van der Waals surface area contributed by atoms with Crippen LogP contribution < -0.4 is 5.32 Å². The molecule has 144 valence electrons. The zero-order valence-corrected chi connectivity index (χ0v) is 15.8. The van der Waals surface area contributed by atoms with E-state index in [0.717, 1.165) is 17.7 Å². The van der Waals surface area contributed by atoms with E-state index in [1.165, 1.54) is 6.07 Å². The summed E-state index contributed by atoms with van der Waals surface area (Å²) in [6, 6.07) is 4.57. The third-order valence-electron chi connectivity index (χ3n) is 5.38. The van der Waals surface area contributed by atoms with E-state index >= 15 is 0 Å². The lowest BCUT2D eigenvalue weighted by molar-refractivity contribution is -0.143. The predicted molar refractivity (Wildman–Crippen MR) is 99.0 cm³/mol. The molecular weight excluding hydrogens is 371 g/mol. The van der Waals surface area contributed by atoms with Gasteiger partial charge >= 0.3 is 0 Å². The molecule has 0 bridgehead atoms. The Hall–Kier alpha value is -1.96. The normalized spacial score (nSPS) is 25.7. The van der Waals surface area contributed by atoms with Crippen molar-refractivity contribution in [2.75, 3.05) is 32.8 Å². The summed E-state index contributed by atoms with van der Waals surface area (Å²) in [5.41, 5.74) is 1.86. The first-order valence-corrected chi connectivity index (χ1v) is 9.45. The van der Waals surface area contributed by atoms with Crippen molar-refractivity contribution in [1.29, 1.82) is 0 Å². The van der Waals surface area contributed by atoms with Crippen molar-refractivity contribution in [2.45, 2.75) is 12.0 Å². The van der Waals surface area contributed by atoms with Gasteiger partial charge in [-0.15, -0.1) is 0 Å². The summed E-state index contributed by atoms with van der Waals surface area (Å²) < 4.78 is 21.0. The van der Waals surface area contributed by atoms with Crippen LogP contribution in [0.3, 0.4) is 0 Å². The van der Waals surface area contributed by atoms with Gasteiger partial charge < -0.3 is 15.0 Å². The van der Waals surface area contributed by atoms with E-state index < -0.39 is 5.82 Å². The quantitative estimate of drug-likeness (QED) is 0.869. The largest absolute Gasteiger partial charge is 0.370 e. The van der Waals surface area contributed by atoms with Gasteiger partial charge in [-0.2, -0.15) is 5.10 Å². The number of aryl methyl sites for hydroxylation is 1. The number of morpholine rings is 1. The van der Waals surface area contributed by atoms with Crippen LogP contribution in [0.15, 0.2) is 30.6 Å². The molecule has 1 unspecified atom stereocenters. The molecule has 1 N–H and O–H groups in total. The van der Waals surface area contributed by atoms with Gasteiger partial charge in [-0.25, -0.2) is 4.39 Å². The molecular formula is C19H22ClFN4O2. The Morgan fingerprint density at radius 3 is 2.96 bits per heavy atom. The van der Waals surface area contributed by atoms with Gasteiger partial charge in [0.05, 0.1) is 30.3 Å². The lowest BCUT2D eigenvalue weighted by Gasteiger charge is -2.35. The summed E-state index contributed by atoms with van der Waals surface area (Å²) in [6.45, 7) is 2.87. The van der Waals surface area contributed by atoms with Crippen molar-refractivity contribution in [3.05, 3.63) is 52.6 Å². The van der Waals surface area contributed by atoms with Gasteiger partial charge in [-0.3, -0.25) is 9.48 Å². The average Bonchev–Trinajstić information content (AvgIpc) is 3.32. The topological polar surface area (TPSA) is 59.4 Å². The molecule has 0 aliphatic carbocycles. The predicted octanol–water partition coefficient (Wildman–Crippen LogP) is 2.12. The number of aromatic nitrogens is 2. The van der Waals surface area contributed by atoms with Gasteiger partial charge in [-0.1, -0.05) is 17.7 Å². The van der Waals surface area contributed by atoms with Crippen LogP contribution in [0.25, 0.3) is 0 Å². The second kappa shape index (κ2) is 7.58. The highest BCUT2D eigenvalue weighted by Gasteiger charge is 2.38. The van der Waals surface area contributed by atoms with Crippen LogP contribution in [-0.2, 0) is 16.6 Å². The maximum atomic E-state index is 13.4. The Morgan fingerprint density at radius 1 is 1.37 bits per heavy atom. The Bertz CT molecular complexity index is 843. The Kier molecular flexibility index (Phi) is 5.16. The number of rotatable bonds is 3. The SMILES string of the molecule is Cn1cc([C@H]2CNC[C@@H]2C(=O)N2CCOC(c3ccc(F)c(Cl)c3)C2)cn1. The molecule has 8 heteroatoms. The molecule has 2 aliphatic heterocycles. The average molecular weight is 393 g/mol. The van der Waals surface area contributed by atoms with E-state index in [0.29, 0.717) is 26.2 Å². The number of nitrogens with one attached hydrogen (secondary N) is 1. The Morgan fingerprint density at radius 2 is 2.22 bits per heavy atom. The molecule has 2 saturated heterocycles. The first kappa shape index (κ1) is 18.4. The van der Waals surface area contributed by atoms with E-state index in [-0.39, 0.29) is 28.9 Å². The molecule has 2 aliphatic rings. The smallest absolute Gasteiger partial charge is 0.227 e. The van der Waals surface area contributed by atoms with E-state index in [1.54, 1.807) is 16.8 Å². The third kappa shape index (κ3) is 3.72. The summed E-state index contributed by atoms with van der Waals surface area (Å²) in [7, 11) is 1.88. The summed E-state index contributed by atoms with van der Waals surface area (Å²) in [6.07, 6.45) is 3.51. The monoisotopic (exact) mass is 392 g/mol. The second-order valence-electron chi connectivity index (χ2n) is 7.14. The van der Waals surface area contributed by atoms with Gasteiger partial charge in [0, 0.05) is 38.8 Å². The number of benzene rings is 1. The van der Waals surface area contributed by atoms with Crippen LogP contribution in [-0.4, -0.2) is 53.4 Å². The fourth-order valence-corrected chi connectivity index (χ4v) is 4.11. The van der Waals surface area contributed by atoms with Crippen molar-refractivity contribution in [1.82, 2.24) is 20.0 Å². The van der Waals surface area contributed by atoms with Gasteiger partial charge in [0.1, 0.15) is 11.9 Å². The van der Waals surface area contributed by atoms with Crippen molar-refractivity contribution < 1.29 is 13.9 Å². The maximum absolute atomic E-state index is 13.4. The molecule has 0 radical (unpaired) electrons. The number of halogens is 2. The molecule has 3 atom stereocenters. The summed E-state index contributed by atoms with van der Waals surface area (Å²) >= 11 is 5.90. The molecule has 4 rings (SSSR count). The minimum absolute atomic E-state index is 0.0659. The third-order valence-corrected chi connectivity index (χ3v) is 5.67. The van der Waals surface area contributed by atoms with Crippen LogP contribution in [0.5, 0.6) is 0 Å². The highest BCUT2D eigenvalue weighted by molar-refractivity contribution is 6.30. The minimum Gasteiger partial charge on any atom is -0.370 e. The number of amides is 1. The highest BCUT2D eigenvalue weighted by atomic mass is 35.5. The first-order chi connectivity index (χ1) is 13.0. The standard InChI is InChI=1S/C19H22ClFN4O2/c1-24-10-13(7-23-24)14-8-22-9-15(14)19(26)25-4-5-27-18(11-25)12-2-3-17(21)16(20)6-12/h2-3,6-7,10,14-15,18,22H,4-5,8-9,11H2,1H3/t14-,15+,18?/m1/s1. The van der Waals surface area contributed by atoms with Crippen LogP contribution >= 0.6 is 11.6 Å². The number of ether oxygens (including phenoxy) is 1. The molecule has 0 saturated carbocycles. The van der Waals surface area contributed by atoms with Crippen LogP contribution in [0.4, 0.5) is 4.39 Å². The fourth-order valence-electron chi connectivity index (χ4n) is 3.92. The first-order valence-electron chi connectivity index (χ1n) is 9.07. The molecule has 1 aromatic heterocycles. The second-order valence-corrected chi connectivity index (χ2v) is 7.54. The minimum atomic E-state index is -0.458. The number of nitrogens with zero attached hydrogens (tertiary/aromatic N) is 3. The fraction of sp³-hybridized carbons (Fsp3) is 0.474. The lowest BCUT2D eigenvalue weighted by atomic mass is 9.89. The van der Waals surface area contributed by atoms with Crippen LogP contribution in [0, 0.1) is 11.7 Å². The van der Waals surface area contributed by atoms with Crippen LogP contribution in [0.1, 0.15) is 23.1 Å². The van der Waals surface area contributed by atoms with E-state index in [9.17, 15) is 9.18 Å². The van der Waals surface area contributed by atoms with Crippen molar-refractivity contribution >= 4 is 17.5 Å². The van der Waals surface area contributed by atoms with Crippen molar-refractivity contribution in [3.63, 3.8) is 0 Å². The number of hydrogen-bond acceptors (Lipinski definition) is 4. The summed E-state index contributed by atoms with van der Waals surface area (Å²) in [5.74, 6) is -0.339. The summed E-state index contributed by atoms with van der Waals surface area (Å²) in [5, 5.41) is 7.63. The molecule has 27 heavy (non-hydrogen) atoms. The number of carbonyl (C=O) groups excluding carboxylic acids is 1.